The van der Waals surface area contributed by atoms with E-state index in [4.69, 9.17) is 4.74 Å². The van der Waals surface area contributed by atoms with Crippen LogP contribution in [0.2, 0.25) is 0 Å². The summed E-state index contributed by atoms with van der Waals surface area (Å²) in [6.45, 7) is 3.42. The van der Waals surface area contributed by atoms with Crippen LogP contribution in [0.25, 0.3) is 0 Å². The van der Waals surface area contributed by atoms with Gasteiger partial charge in [0.1, 0.15) is 0 Å². The standard InChI is InChI=1S/C15H29NO/c1-13-8-10-15(11-9-13,12-16-2)17-14-6-4-3-5-7-14/h13-14,16H,3-12H2,1-2H3. The molecular formula is C15H29NO. The van der Waals surface area contributed by atoms with Crippen molar-refractivity contribution in [3.05, 3.63) is 0 Å². The molecule has 100 valence electrons. The first-order chi connectivity index (χ1) is 8.24. The first kappa shape index (κ1) is 13.4. The summed E-state index contributed by atoms with van der Waals surface area (Å²) < 4.78 is 6.55. The maximum absolute atomic E-state index is 6.55. The van der Waals surface area contributed by atoms with E-state index in [1.54, 1.807) is 0 Å². The Morgan fingerprint density at radius 3 is 2.29 bits per heavy atom. The van der Waals surface area contributed by atoms with Crippen LogP contribution in [0.4, 0.5) is 0 Å². The first-order valence-corrected chi connectivity index (χ1v) is 7.56. The van der Waals surface area contributed by atoms with Crippen molar-refractivity contribution in [3.63, 3.8) is 0 Å². The van der Waals surface area contributed by atoms with Crippen LogP contribution >= 0.6 is 0 Å². The minimum atomic E-state index is 0.156. The Labute approximate surface area is 107 Å². The van der Waals surface area contributed by atoms with Gasteiger partial charge in [-0.3, -0.25) is 0 Å². The van der Waals surface area contributed by atoms with Crippen molar-refractivity contribution in [3.8, 4) is 0 Å². The van der Waals surface area contributed by atoms with E-state index in [9.17, 15) is 0 Å². The SMILES string of the molecule is CNCC1(OC2CCCCC2)CCC(C)CC1. The molecule has 2 nitrogen and oxygen atoms in total. The zero-order valence-electron chi connectivity index (χ0n) is 11.6. The highest BCUT2D eigenvalue weighted by Crippen LogP contribution is 2.37. The Kier molecular flexibility index (Phi) is 4.87. The normalized spacial score (nSPS) is 36.0. The lowest BCUT2D eigenvalue weighted by molar-refractivity contribution is -0.125. The van der Waals surface area contributed by atoms with E-state index in [1.165, 1.54) is 57.8 Å². The molecule has 2 rings (SSSR count). The molecule has 0 spiro atoms. The maximum atomic E-state index is 6.55. The highest BCUT2D eigenvalue weighted by molar-refractivity contribution is 4.89. The van der Waals surface area contributed by atoms with Crippen molar-refractivity contribution in [2.24, 2.45) is 5.92 Å². The average Bonchev–Trinajstić information content (AvgIpc) is 2.35. The van der Waals surface area contributed by atoms with Gasteiger partial charge >= 0.3 is 0 Å². The molecule has 17 heavy (non-hydrogen) atoms. The van der Waals surface area contributed by atoms with Crippen molar-refractivity contribution in [2.45, 2.75) is 76.4 Å². The monoisotopic (exact) mass is 239 g/mol. The Balaban J connectivity index is 1.90. The molecule has 0 unspecified atom stereocenters. The minimum absolute atomic E-state index is 0.156. The summed E-state index contributed by atoms with van der Waals surface area (Å²) in [5.74, 6) is 0.898. The van der Waals surface area contributed by atoms with Crippen LogP contribution < -0.4 is 5.32 Å². The molecule has 0 aromatic rings. The summed E-state index contributed by atoms with van der Waals surface area (Å²) >= 11 is 0. The number of nitrogens with one attached hydrogen (secondary N) is 1. The van der Waals surface area contributed by atoms with Gasteiger partial charge in [0.05, 0.1) is 11.7 Å². The van der Waals surface area contributed by atoms with E-state index >= 15 is 0 Å². The fourth-order valence-corrected chi connectivity index (χ4v) is 3.48. The summed E-state index contributed by atoms with van der Waals surface area (Å²) in [6.07, 6.45) is 12.5. The lowest BCUT2D eigenvalue weighted by Gasteiger charge is -2.42. The molecule has 0 aliphatic heterocycles. The summed E-state index contributed by atoms with van der Waals surface area (Å²) in [7, 11) is 2.06. The molecule has 0 heterocycles. The molecule has 0 amide bonds. The molecule has 0 atom stereocenters. The highest BCUT2D eigenvalue weighted by Gasteiger charge is 2.36. The minimum Gasteiger partial charge on any atom is -0.370 e. The van der Waals surface area contributed by atoms with Crippen LogP contribution in [0.15, 0.2) is 0 Å². The smallest absolute Gasteiger partial charge is 0.0810 e. The largest absolute Gasteiger partial charge is 0.370 e. The summed E-state index contributed by atoms with van der Waals surface area (Å²) in [4.78, 5) is 0. The molecule has 2 heteroatoms. The van der Waals surface area contributed by atoms with E-state index in [2.05, 4.69) is 19.3 Å². The number of hydrogen-bond donors (Lipinski definition) is 1. The van der Waals surface area contributed by atoms with Gasteiger partial charge in [-0.25, -0.2) is 0 Å². The molecule has 2 fully saturated rings. The van der Waals surface area contributed by atoms with Crippen LogP contribution in [-0.4, -0.2) is 25.3 Å². The molecule has 0 saturated heterocycles. The molecule has 2 saturated carbocycles. The molecular weight excluding hydrogens is 210 g/mol. The zero-order valence-corrected chi connectivity index (χ0v) is 11.6. The lowest BCUT2D eigenvalue weighted by Crippen LogP contribution is -2.47. The van der Waals surface area contributed by atoms with Gasteiger partial charge in [0.2, 0.25) is 0 Å². The quantitative estimate of drug-likeness (QED) is 0.810. The Morgan fingerprint density at radius 1 is 1.06 bits per heavy atom. The molecule has 0 aromatic carbocycles. The number of ether oxygens (including phenoxy) is 1. The summed E-state index contributed by atoms with van der Waals surface area (Å²) in [5, 5.41) is 3.36. The predicted molar refractivity (Wildman–Crippen MR) is 72.2 cm³/mol. The zero-order chi connectivity index (χ0) is 12.1. The highest BCUT2D eigenvalue weighted by atomic mass is 16.5. The Bertz CT molecular complexity index is 215. The number of likely N-dealkylation sites (N-methyl/N-ethyl adjacent to an activating group) is 1. The van der Waals surface area contributed by atoms with Crippen molar-refractivity contribution in [1.82, 2.24) is 5.32 Å². The molecule has 1 N–H and O–H groups in total. The fourth-order valence-electron chi connectivity index (χ4n) is 3.48. The van der Waals surface area contributed by atoms with Gasteiger partial charge in [-0.15, -0.1) is 0 Å². The van der Waals surface area contributed by atoms with Crippen molar-refractivity contribution >= 4 is 0 Å². The summed E-state index contributed by atoms with van der Waals surface area (Å²) in [6, 6.07) is 0. The van der Waals surface area contributed by atoms with Gasteiger partial charge in [0.25, 0.3) is 0 Å². The molecule has 0 bridgehead atoms. The molecule has 0 aromatic heterocycles. The van der Waals surface area contributed by atoms with E-state index in [-0.39, 0.29) is 5.60 Å². The van der Waals surface area contributed by atoms with Crippen LogP contribution in [0.5, 0.6) is 0 Å². The topological polar surface area (TPSA) is 21.3 Å². The molecule has 2 aliphatic carbocycles. The van der Waals surface area contributed by atoms with E-state index in [0.717, 1.165) is 12.5 Å². The van der Waals surface area contributed by atoms with Gasteiger partial charge in [-0.1, -0.05) is 26.2 Å². The second-order valence-corrected chi connectivity index (χ2v) is 6.27. The second kappa shape index (κ2) is 6.19. The third kappa shape index (κ3) is 3.69. The molecule has 2 aliphatic rings. The molecule has 0 radical (unpaired) electrons. The van der Waals surface area contributed by atoms with E-state index in [1.807, 2.05) is 0 Å². The second-order valence-electron chi connectivity index (χ2n) is 6.27. The van der Waals surface area contributed by atoms with Crippen LogP contribution in [0.1, 0.15) is 64.7 Å². The van der Waals surface area contributed by atoms with Gasteiger partial charge in [-0.2, -0.15) is 0 Å². The Hall–Kier alpha value is -0.0800. The number of rotatable bonds is 4. The van der Waals surface area contributed by atoms with E-state index in [0.29, 0.717) is 6.10 Å². The predicted octanol–water partition coefficient (Wildman–Crippen LogP) is 3.50. The average molecular weight is 239 g/mol. The van der Waals surface area contributed by atoms with Crippen molar-refractivity contribution < 1.29 is 4.74 Å². The van der Waals surface area contributed by atoms with Crippen LogP contribution in [-0.2, 0) is 4.74 Å². The third-order valence-electron chi connectivity index (χ3n) is 4.65. The van der Waals surface area contributed by atoms with Crippen LogP contribution in [0, 0.1) is 5.92 Å². The van der Waals surface area contributed by atoms with E-state index < -0.39 is 0 Å². The van der Waals surface area contributed by atoms with Gasteiger partial charge in [-0.05, 0) is 51.5 Å². The summed E-state index contributed by atoms with van der Waals surface area (Å²) in [5.41, 5.74) is 0.156. The van der Waals surface area contributed by atoms with Crippen molar-refractivity contribution in [1.29, 1.82) is 0 Å². The van der Waals surface area contributed by atoms with Gasteiger partial charge in [0.15, 0.2) is 0 Å². The van der Waals surface area contributed by atoms with Gasteiger partial charge in [0, 0.05) is 6.54 Å². The Morgan fingerprint density at radius 2 is 1.71 bits per heavy atom. The number of hydrogen-bond acceptors (Lipinski definition) is 2. The van der Waals surface area contributed by atoms with Crippen molar-refractivity contribution in [2.75, 3.05) is 13.6 Å². The lowest BCUT2D eigenvalue weighted by atomic mass is 9.79. The van der Waals surface area contributed by atoms with Gasteiger partial charge < -0.3 is 10.1 Å². The first-order valence-electron chi connectivity index (χ1n) is 7.56. The maximum Gasteiger partial charge on any atom is 0.0810 e. The fraction of sp³-hybridized carbons (Fsp3) is 1.00. The van der Waals surface area contributed by atoms with Crippen LogP contribution in [0.3, 0.4) is 0 Å². The third-order valence-corrected chi connectivity index (χ3v) is 4.65.